The molecular formula is C12H17ClN2O. The molecular weight excluding hydrogens is 224 g/mol. The van der Waals surface area contributed by atoms with Crippen molar-refractivity contribution < 1.29 is 5.11 Å². The van der Waals surface area contributed by atoms with Crippen LogP contribution in [0.4, 0.5) is 0 Å². The zero-order valence-corrected chi connectivity index (χ0v) is 9.90. The van der Waals surface area contributed by atoms with Crippen molar-refractivity contribution in [3.05, 3.63) is 23.9 Å². The number of aliphatic hydroxyl groups excluding tert-OH is 1. The van der Waals surface area contributed by atoms with Gasteiger partial charge in [0.05, 0.1) is 17.8 Å². The van der Waals surface area contributed by atoms with Gasteiger partial charge in [-0.05, 0) is 25.3 Å². The van der Waals surface area contributed by atoms with Crippen molar-refractivity contribution in [2.45, 2.75) is 36.8 Å². The van der Waals surface area contributed by atoms with Crippen molar-refractivity contribution in [2.24, 2.45) is 4.99 Å². The van der Waals surface area contributed by atoms with Gasteiger partial charge in [0.25, 0.3) is 0 Å². The van der Waals surface area contributed by atoms with Crippen LogP contribution in [0.25, 0.3) is 0 Å². The molecule has 0 saturated heterocycles. The normalized spacial score (nSPS) is 34.9. The second-order valence-electron chi connectivity index (χ2n) is 4.25. The van der Waals surface area contributed by atoms with Crippen LogP contribution < -0.4 is 5.32 Å². The van der Waals surface area contributed by atoms with Gasteiger partial charge in [0.2, 0.25) is 0 Å². The third-order valence-electron chi connectivity index (χ3n) is 2.96. The lowest BCUT2D eigenvalue weighted by atomic mass is 9.92. The van der Waals surface area contributed by atoms with Gasteiger partial charge in [-0.2, -0.15) is 0 Å². The molecule has 1 heterocycles. The summed E-state index contributed by atoms with van der Waals surface area (Å²) >= 11 is 6.07. The highest BCUT2D eigenvalue weighted by Crippen LogP contribution is 2.25. The van der Waals surface area contributed by atoms with E-state index in [0.29, 0.717) is 0 Å². The number of dihydropyridines is 1. The quantitative estimate of drug-likeness (QED) is 0.569. The van der Waals surface area contributed by atoms with Crippen LogP contribution in [0.3, 0.4) is 0 Å². The first-order valence-electron chi connectivity index (χ1n) is 5.71. The Hall–Kier alpha value is -0.800. The van der Waals surface area contributed by atoms with Crippen LogP contribution in [-0.4, -0.2) is 35.4 Å². The Kier molecular flexibility index (Phi) is 4.02. The summed E-state index contributed by atoms with van der Waals surface area (Å²) in [6.45, 7) is 0.837. The predicted octanol–water partition coefficient (Wildman–Crippen LogP) is 1.62. The zero-order valence-electron chi connectivity index (χ0n) is 9.14. The largest absolute Gasteiger partial charge is 0.391 e. The van der Waals surface area contributed by atoms with E-state index in [1.54, 1.807) is 6.21 Å². The van der Waals surface area contributed by atoms with E-state index in [0.717, 1.165) is 31.5 Å². The summed E-state index contributed by atoms with van der Waals surface area (Å²) in [7, 11) is 0. The SMILES string of the molecule is OC1CCC(Cl)CC1N=CC1=CC=CCN1. The van der Waals surface area contributed by atoms with E-state index in [-0.39, 0.29) is 17.5 Å². The van der Waals surface area contributed by atoms with Gasteiger partial charge in [0.1, 0.15) is 0 Å². The number of aliphatic hydroxyl groups is 1. The van der Waals surface area contributed by atoms with Crippen molar-refractivity contribution in [3.8, 4) is 0 Å². The van der Waals surface area contributed by atoms with E-state index in [9.17, 15) is 5.11 Å². The maximum Gasteiger partial charge on any atom is 0.0773 e. The first kappa shape index (κ1) is 11.7. The molecule has 0 aromatic heterocycles. The first-order valence-corrected chi connectivity index (χ1v) is 6.15. The molecule has 1 aliphatic heterocycles. The maximum absolute atomic E-state index is 9.79. The minimum atomic E-state index is -0.342. The zero-order chi connectivity index (χ0) is 11.4. The fourth-order valence-corrected chi connectivity index (χ4v) is 2.29. The Morgan fingerprint density at radius 2 is 2.38 bits per heavy atom. The van der Waals surface area contributed by atoms with Crippen LogP contribution in [0, 0.1) is 0 Å². The molecule has 1 fully saturated rings. The molecule has 88 valence electrons. The minimum absolute atomic E-state index is 0.0511. The fourth-order valence-electron chi connectivity index (χ4n) is 1.98. The van der Waals surface area contributed by atoms with Gasteiger partial charge in [-0.15, -0.1) is 11.6 Å². The van der Waals surface area contributed by atoms with Crippen LogP contribution in [0.5, 0.6) is 0 Å². The van der Waals surface area contributed by atoms with E-state index in [1.807, 2.05) is 18.2 Å². The molecule has 2 aliphatic rings. The van der Waals surface area contributed by atoms with E-state index < -0.39 is 0 Å². The third-order valence-corrected chi connectivity index (χ3v) is 3.35. The Morgan fingerprint density at radius 1 is 1.50 bits per heavy atom. The Bertz CT molecular complexity index is 325. The van der Waals surface area contributed by atoms with Gasteiger partial charge in [-0.1, -0.05) is 12.2 Å². The number of hydrogen-bond donors (Lipinski definition) is 2. The van der Waals surface area contributed by atoms with Crippen LogP contribution in [-0.2, 0) is 0 Å². The fraction of sp³-hybridized carbons (Fsp3) is 0.583. The van der Waals surface area contributed by atoms with Gasteiger partial charge in [0, 0.05) is 18.1 Å². The summed E-state index contributed by atoms with van der Waals surface area (Å²) in [5.74, 6) is 0. The number of alkyl halides is 1. The third kappa shape index (κ3) is 3.09. The molecule has 0 radical (unpaired) electrons. The molecule has 1 aliphatic carbocycles. The number of nitrogens with zero attached hydrogens (tertiary/aromatic N) is 1. The summed E-state index contributed by atoms with van der Waals surface area (Å²) in [6, 6.07) is -0.0511. The molecule has 3 nitrogen and oxygen atoms in total. The van der Waals surface area contributed by atoms with Crippen molar-refractivity contribution in [1.29, 1.82) is 0 Å². The summed E-state index contributed by atoms with van der Waals surface area (Å²) < 4.78 is 0. The van der Waals surface area contributed by atoms with Gasteiger partial charge in [-0.25, -0.2) is 0 Å². The summed E-state index contributed by atoms with van der Waals surface area (Å²) in [5.41, 5.74) is 0.992. The number of nitrogens with one attached hydrogen (secondary N) is 1. The molecule has 2 N–H and O–H groups in total. The number of allylic oxidation sites excluding steroid dienone is 3. The van der Waals surface area contributed by atoms with Gasteiger partial charge < -0.3 is 10.4 Å². The Labute approximate surface area is 101 Å². The lowest BCUT2D eigenvalue weighted by molar-refractivity contribution is 0.111. The standard InChI is InChI=1S/C12H17ClN2O/c13-9-4-5-12(16)11(7-9)15-8-10-3-1-2-6-14-10/h1-3,8-9,11-12,14,16H,4-7H2. The molecule has 16 heavy (non-hydrogen) atoms. The summed E-state index contributed by atoms with van der Waals surface area (Å²) in [6.07, 6.45) is 9.88. The Morgan fingerprint density at radius 3 is 3.12 bits per heavy atom. The van der Waals surface area contributed by atoms with E-state index in [1.165, 1.54) is 0 Å². The number of halogens is 1. The molecule has 0 spiro atoms. The van der Waals surface area contributed by atoms with Crippen LogP contribution >= 0.6 is 11.6 Å². The lowest BCUT2D eigenvalue weighted by Crippen LogP contribution is -2.33. The smallest absolute Gasteiger partial charge is 0.0773 e. The van der Waals surface area contributed by atoms with Gasteiger partial charge in [-0.3, -0.25) is 4.99 Å². The van der Waals surface area contributed by atoms with Crippen LogP contribution in [0.15, 0.2) is 28.9 Å². The predicted molar refractivity (Wildman–Crippen MR) is 67.0 cm³/mol. The molecule has 0 aromatic carbocycles. The monoisotopic (exact) mass is 240 g/mol. The van der Waals surface area contributed by atoms with Gasteiger partial charge >= 0.3 is 0 Å². The molecule has 2 rings (SSSR count). The summed E-state index contributed by atoms with van der Waals surface area (Å²) in [4.78, 5) is 4.41. The van der Waals surface area contributed by atoms with E-state index >= 15 is 0 Å². The summed E-state index contributed by atoms with van der Waals surface area (Å²) in [5, 5.41) is 13.1. The highest BCUT2D eigenvalue weighted by molar-refractivity contribution is 6.20. The first-order chi connectivity index (χ1) is 7.75. The van der Waals surface area contributed by atoms with Crippen LogP contribution in [0.2, 0.25) is 0 Å². The molecule has 1 saturated carbocycles. The van der Waals surface area contributed by atoms with Crippen LogP contribution in [0.1, 0.15) is 19.3 Å². The van der Waals surface area contributed by atoms with Crippen molar-refractivity contribution in [2.75, 3.05) is 6.54 Å². The van der Waals surface area contributed by atoms with Crippen molar-refractivity contribution >= 4 is 17.8 Å². The molecule has 4 heteroatoms. The maximum atomic E-state index is 9.79. The Balaban J connectivity index is 1.94. The highest BCUT2D eigenvalue weighted by atomic mass is 35.5. The topological polar surface area (TPSA) is 44.6 Å². The molecule has 0 bridgehead atoms. The molecule has 3 unspecified atom stereocenters. The molecule has 0 amide bonds. The number of rotatable bonds is 2. The average Bonchev–Trinajstić information content (AvgIpc) is 2.32. The minimum Gasteiger partial charge on any atom is -0.391 e. The number of aliphatic imine (C=N–C) groups is 1. The second-order valence-corrected chi connectivity index (χ2v) is 4.87. The second kappa shape index (κ2) is 5.51. The van der Waals surface area contributed by atoms with Gasteiger partial charge in [0.15, 0.2) is 0 Å². The molecule has 0 aromatic rings. The number of hydrogen-bond acceptors (Lipinski definition) is 3. The lowest BCUT2D eigenvalue weighted by Gasteiger charge is -2.27. The van der Waals surface area contributed by atoms with E-state index in [2.05, 4.69) is 10.3 Å². The molecule has 3 atom stereocenters. The van der Waals surface area contributed by atoms with Crippen molar-refractivity contribution in [1.82, 2.24) is 5.32 Å². The van der Waals surface area contributed by atoms with E-state index in [4.69, 9.17) is 11.6 Å². The van der Waals surface area contributed by atoms with Crippen molar-refractivity contribution in [3.63, 3.8) is 0 Å². The average molecular weight is 241 g/mol. The highest BCUT2D eigenvalue weighted by Gasteiger charge is 2.27.